The topological polar surface area (TPSA) is 9.23 Å². The maximum atomic E-state index is 5.65. The molecule has 1 rings (SSSR count). The predicted molar refractivity (Wildman–Crippen MR) is 70.3 cm³/mol. The molecule has 0 spiro atoms. The lowest BCUT2D eigenvalue weighted by Gasteiger charge is -2.27. The number of hydrogen-bond acceptors (Lipinski definition) is 1. The molecule has 90 valence electrons. The Bertz CT molecular complexity index is 337. The Morgan fingerprint density at radius 1 is 0.875 bits per heavy atom. The molecule has 0 saturated heterocycles. The summed E-state index contributed by atoms with van der Waals surface area (Å²) in [4.78, 5) is 0. The van der Waals surface area contributed by atoms with E-state index in [1.54, 1.807) is 0 Å². The van der Waals surface area contributed by atoms with E-state index >= 15 is 0 Å². The SMILES string of the molecule is CC(C)(C)c1cccc(C(C)(C)C)c1OCl. The molecule has 1 aromatic carbocycles. The van der Waals surface area contributed by atoms with E-state index < -0.39 is 0 Å². The van der Waals surface area contributed by atoms with Crippen molar-refractivity contribution in [1.82, 2.24) is 0 Å². The number of benzene rings is 1. The van der Waals surface area contributed by atoms with Gasteiger partial charge < -0.3 is 4.29 Å². The van der Waals surface area contributed by atoms with Crippen molar-refractivity contribution in [2.75, 3.05) is 0 Å². The van der Waals surface area contributed by atoms with E-state index in [1.807, 2.05) is 0 Å². The summed E-state index contributed by atoms with van der Waals surface area (Å²) in [7, 11) is 0. The summed E-state index contributed by atoms with van der Waals surface area (Å²) in [6.45, 7) is 13.0. The molecule has 0 fully saturated rings. The molecule has 0 aromatic heterocycles. The van der Waals surface area contributed by atoms with Gasteiger partial charge in [-0.1, -0.05) is 59.7 Å². The fourth-order valence-corrected chi connectivity index (χ4v) is 1.97. The Kier molecular flexibility index (Phi) is 3.59. The zero-order valence-corrected chi connectivity index (χ0v) is 11.8. The molecule has 0 unspecified atom stereocenters. The highest BCUT2D eigenvalue weighted by Crippen LogP contribution is 2.39. The molecule has 0 bridgehead atoms. The van der Waals surface area contributed by atoms with Crippen LogP contribution in [0.5, 0.6) is 5.75 Å². The minimum Gasteiger partial charge on any atom is -0.385 e. The van der Waals surface area contributed by atoms with Crippen LogP contribution in [0.4, 0.5) is 0 Å². The van der Waals surface area contributed by atoms with Gasteiger partial charge in [0.05, 0.1) is 0 Å². The average molecular weight is 241 g/mol. The van der Waals surface area contributed by atoms with Gasteiger partial charge in [0.1, 0.15) is 11.9 Å². The summed E-state index contributed by atoms with van der Waals surface area (Å²) in [6.07, 6.45) is 0. The van der Waals surface area contributed by atoms with Crippen LogP contribution in [0.2, 0.25) is 0 Å². The van der Waals surface area contributed by atoms with Crippen molar-refractivity contribution in [3.63, 3.8) is 0 Å². The van der Waals surface area contributed by atoms with Crippen LogP contribution in [-0.2, 0) is 10.8 Å². The molecule has 0 aliphatic rings. The van der Waals surface area contributed by atoms with Gasteiger partial charge in [0.15, 0.2) is 5.75 Å². The van der Waals surface area contributed by atoms with Gasteiger partial charge in [0, 0.05) is 11.1 Å². The van der Waals surface area contributed by atoms with Crippen molar-refractivity contribution in [2.45, 2.75) is 52.4 Å². The minimum atomic E-state index is 0.0332. The molecule has 0 aliphatic carbocycles. The van der Waals surface area contributed by atoms with E-state index in [-0.39, 0.29) is 10.8 Å². The van der Waals surface area contributed by atoms with Crippen molar-refractivity contribution >= 4 is 11.9 Å². The first-order valence-electron chi connectivity index (χ1n) is 5.60. The second-order valence-electron chi connectivity index (χ2n) is 6.26. The molecular formula is C14H21ClO. The lowest BCUT2D eigenvalue weighted by Crippen LogP contribution is -2.17. The van der Waals surface area contributed by atoms with Crippen molar-refractivity contribution in [3.8, 4) is 5.75 Å². The summed E-state index contributed by atoms with van der Waals surface area (Å²) in [5.74, 6) is 0.809. The molecule has 16 heavy (non-hydrogen) atoms. The van der Waals surface area contributed by atoms with Crippen LogP contribution in [0.25, 0.3) is 0 Å². The Morgan fingerprint density at radius 2 is 1.25 bits per heavy atom. The van der Waals surface area contributed by atoms with Gasteiger partial charge in [-0.3, -0.25) is 0 Å². The first-order valence-corrected chi connectivity index (χ1v) is 5.91. The zero-order chi connectivity index (χ0) is 12.6. The van der Waals surface area contributed by atoms with Crippen LogP contribution in [0.1, 0.15) is 52.7 Å². The van der Waals surface area contributed by atoms with Crippen LogP contribution in [0.15, 0.2) is 18.2 Å². The highest BCUT2D eigenvalue weighted by molar-refractivity contribution is 6.09. The molecule has 0 N–H and O–H groups in total. The van der Waals surface area contributed by atoms with E-state index in [2.05, 4.69) is 59.7 Å². The fourth-order valence-electron chi connectivity index (χ4n) is 1.80. The normalized spacial score (nSPS) is 12.7. The summed E-state index contributed by atoms with van der Waals surface area (Å²) in [6, 6.07) is 6.22. The second-order valence-corrected chi connectivity index (χ2v) is 6.41. The standard InChI is InChI=1S/C14H21ClO/c1-13(2,3)10-8-7-9-11(12(10)16-15)14(4,5)6/h7-9H,1-6H3. The van der Waals surface area contributed by atoms with Crippen molar-refractivity contribution in [1.29, 1.82) is 0 Å². The number of para-hydroxylation sites is 1. The van der Waals surface area contributed by atoms with Gasteiger partial charge >= 0.3 is 0 Å². The van der Waals surface area contributed by atoms with E-state index in [4.69, 9.17) is 16.2 Å². The number of halogens is 1. The highest BCUT2D eigenvalue weighted by atomic mass is 35.5. The maximum absolute atomic E-state index is 5.65. The molecular weight excluding hydrogens is 220 g/mol. The Hall–Kier alpha value is -0.690. The summed E-state index contributed by atoms with van der Waals surface area (Å²) >= 11 is 5.65. The quantitative estimate of drug-likeness (QED) is 0.684. The van der Waals surface area contributed by atoms with E-state index in [0.717, 1.165) is 16.9 Å². The molecule has 0 amide bonds. The lowest BCUT2D eigenvalue weighted by atomic mass is 9.80. The molecule has 0 heterocycles. The Balaban J connectivity index is 3.45. The largest absolute Gasteiger partial charge is 0.385 e. The van der Waals surface area contributed by atoms with E-state index in [0.29, 0.717) is 0 Å². The number of rotatable bonds is 1. The minimum absolute atomic E-state index is 0.0332. The Labute approximate surface area is 104 Å². The summed E-state index contributed by atoms with van der Waals surface area (Å²) in [5.41, 5.74) is 2.36. The molecule has 0 radical (unpaired) electrons. The first kappa shape index (κ1) is 13.4. The lowest BCUT2D eigenvalue weighted by molar-refractivity contribution is 0.502. The fraction of sp³-hybridized carbons (Fsp3) is 0.571. The third kappa shape index (κ3) is 2.70. The van der Waals surface area contributed by atoms with Crippen molar-refractivity contribution < 1.29 is 4.29 Å². The smallest absolute Gasteiger partial charge is 0.153 e. The molecule has 1 nitrogen and oxygen atoms in total. The molecule has 0 saturated carbocycles. The van der Waals surface area contributed by atoms with Gasteiger partial charge in [0.2, 0.25) is 0 Å². The van der Waals surface area contributed by atoms with Gasteiger partial charge in [-0.25, -0.2) is 0 Å². The maximum Gasteiger partial charge on any atom is 0.153 e. The average Bonchev–Trinajstić information content (AvgIpc) is 2.13. The highest BCUT2D eigenvalue weighted by Gasteiger charge is 2.26. The van der Waals surface area contributed by atoms with Crippen LogP contribution in [-0.4, -0.2) is 0 Å². The van der Waals surface area contributed by atoms with Gasteiger partial charge in [-0.2, -0.15) is 0 Å². The Morgan fingerprint density at radius 3 is 1.50 bits per heavy atom. The second kappa shape index (κ2) is 4.29. The van der Waals surface area contributed by atoms with E-state index in [1.165, 1.54) is 0 Å². The first-order chi connectivity index (χ1) is 7.18. The van der Waals surface area contributed by atoms with Gasteiger partial charge in [-0.05, 0) is 10.8 Å². The van der Waals surface area contributed by atoms with E-state index in [9.17, 15) is 0 Å². The molecule has 2 heteroatoms. The monoisotopic (exact) mass is 240 g/mol. The third-order valence-corrected chi connectivity index (χ3v) is 2.86. The third-order valence-electron chi connectivity index (χ3n) is 2.71. The van der Waals surface area contributed by atoms with Crippen molar-refractivity contribution in [3.05, 3.63) is 29.3 Å². The van der Waals surface area contributed by atoms with Gasteiger partial charge in [-0.15, -0.1) is 0 Å². The summed E-state index contributed by atoms with van der Waals surface area (Å²) < 4.78 is 5.10. The van der Waals surface area contributed by atoms with Gasteiger partial charge in [0.25, 0.3) is 0 Å². The summed E-state index contributed by atoms with van der Waals surface area (Å²) in [5, 5.41) is 0. The number of hydrogen-bond donors (Lipinski definition) is 0. The van der Waals surface area contributed by atoms with Crippen LogP contribution >= 0.6 is 11.9 Å². The zero-order valence-electron chi connectivity index (χ0n) is 11.0. The molecule has 0 atom stereocenters. The molecule has 0 aliphatic heterocycles. The van der Waals surface area contributed by atoms with Crippen LogP contribution < -0.4 is 4.29 Å². The van der Waals surface area contributed by atoms with Crippen LogP contribution in [0, 0.1) is 0 Å². The molecule has 1 aromatic rings. The van der Waals surface area contributed by atoms with Crippen LogP contribution in [0.3, 0.4) is 0 Å². The van der Waals surface area contributed by atoms with Crippen molar-refractivity contribution in [2.24, 2.45) is 0 Å². The predicted octanol–water partition coefficient (Wildman–Crippen LogP) is 4.81.